The van der Waals surface area contributed by atoms with Crippen LogP contribution in [0.5, 0.6) is 0 Å². The smallest absolute Gasteiger partial charge is 0.269 e. The lowest BCUT2D eigenvalue weighted by molar-refractivity contribution is 0.0924. The van der Waals surface area contributed by atoms with E-state index in [9.17, 15) is 4.79 Å². The number of hydrazine groups is 1. The molecule has 0 saturated heterocycles. The molecule has 19 heavy (non-hydrogen) atoms. The summed E-state index contributed by atoms with van der Waals surface area (Å²) in [5, 5.41) is 2.90. The first-order valence-electron chi connectivity index (χ1n) is 6.20. The molecule has 0 saturated carbocycles. The predicted molar refractivity (Wildman–Crippen MR) is 76.7 cm³/mol. The highest BCUT2D eigenvalue weighted by atomic mass is 16.1. The number of rotatable bonds is 6. The van der Waals surface area contributed by atoms with Crippen LogP contribution in [0.2, 0.25) is 0 Å². The van der Waals surface area contributed by atoms with Crippen LogP contribution in [0.15, 0.2) is 18.3 Å². The minimum Gasteiger partial charge on any atom is -0.350 e. The third kappa shape index (κ3) is 5.23. The molecule has 6 nitrogen and oxygen atoms in total. The van der Waals surface area contributed by atoms with E-state index in [2.05, 4.69) is 34.5 Å². The van der Waals surface area contributed by atoms with Gasteiger partial charge in [-0.3, -0.25) is 15.6 Å². The quantitative estimate of drug-likeness (QED) is 0.520. The van der Waals surface area contributed by atoms with Gasteiger partial charge < -0.3 is 15.6 Å². The van der Waals surface area contributed by atoms with Crippen molar-refractivity contribution in [1.29, 1.82) is 0 Å². The number of hydrogen-bond donors (Lipinski definition) is 3. The van der Waals surface area contributed by atoms with Crippen molar-refractivity contribution in [2.75, 3.05) is 32.6 Å². The molecule has 0 fully saturated rings. The standard InChI is InChI=1S/C13H23N5O/c1-13(2,9-18(3)4)8-16-12(19)11-7-10(17-14)5-6-15-11/h5-7H,8-9,14H2,1-4H3,(H,15,17)(H,16,19). The van der Waals surface area contributed by atoms with Gasteiger partial charge in [-0.1, -0.05) is 13.8 Å². The van der Waals surface area contributed by atoms with Crippen molar-refractivity contribution in [2.24, 2.45) is 11.3 Å². The predicted octanol–water partition coefficient (Wildman–Crippen LogP) is 0.685. The van der Waals surface area contributed by atoms with Crippen molar-refractivity contribution in [3.8, 4) is 0 Å². The number of pyridine rings is 1. The molecule has 1 amide bonds. The van der Waals surface area contributed by atoms with Crippen molar-refractivity contribution < 1.29 is 4.79 Å². The van der Waals surface area contributed by atoms with Gasteiger partial charge >= 0.3 is 0 Å². The Hall–Kier alpha value is -1.66. The first-order valence-corrected chi connectivity index (χ1v) is 6.20. The van der Waals surface area contributed by atoms with Gasteiger partial charge in [-0.2, -0.15) is 0 Å². The summed E-state index contributed by atoms with van der Waals surface area (Å²) in [5.41, 5.74) is 3.51. The second kappa shape index (κ2) is 6.49. The van der Waals surface area contributed by atoms with Gasteiger partial charge in [-0.25, -0.2) is 0 Å². The minimum atomic E-state index is -0.191. The molecule has 0 atom stereocenters. The fourth-order valence-electron chi connectivity index (χ4n) is 1.97. The Morgan fingerprint density at radius 2 is 2.16 bits per heavy atom. The molecule has 1 rings (SSSR count). The first-order chi connectivity index (χ1) is 8.84. The summed E-state index contributed by atoms with van der Waals surface area (Å²) in [6.07, 6.45) is 1.55. The van der Waals surface area contributed by atoms with E-state index in [0.29, 0.717) is 17.9 Å². The number of nitrogens with one attached hydrogen (secondary N) is 2. The maximum atomic E-state index is 12.0. The van der Waals surface area contributed by atoms with Gasteiger partial charge in [0.25, 0.3) is 5.91 Å². The van der Waals surface area contributed by atoms with Crippen LogP contribution in [0.1, 0.15) is 24.3 Å². The zero-order chi connectivity index (χ0) is 14.5. The average molecular weight is 265 g/mol. The number of aromatic nitrogens is 1. The van der Waals surface area contributed by atoms with E-state index in [4.69, 9.17) is 5.84 Å². The van der Waals surface area contributed by atoms with Gasteiger partial charge in [-0.15, -0.1) is 0 Å². The molecule has 106 valence electrons. The second-order valence-corrected chi connectivity index (χ2v) is 5.66. The number of hydrogen-bond acceptors (Lipinski definition) is 5. The van der Waals surface area contributed by atoms with E-state index >= 15 is 0 Å². The number of carbonyl (C=O) groups excluding carboxylic acids is 1. The number of amides is 1. The molecule has 1 aromatic rings. The molecule has 0 aliphatic rings. The SMILES string of the molecule is CN(C)CC(C)(C)CNC(=O)c1cc(NN)ccn1. The van der Waals surface area contributed by atoms with Gasteiger partial charge in [0.05, 0.1) is 5.69 Å². The van der Waals surface area contributed by atoms with Crippen LogP contribution in [0.3, 0.4) is 0 Å². The average Bonchev–Trinajstić information content (AvgIpc) is 2.34. The van der Waals surface area contributed by atoms with Crippen LogP contribution in [0, 0.1) is 5.41 Å². The van der Waals surface area contributed by atoms with Crippen molar-refractivity contribution in [3.63, 3.8) is 0 Å². The molecule has 0 unspecified atom stereocenters. The Labute approximate surface area is 114 Å². The van der Waals surface area contributed by atoms with Crippen LogP contribution in [-0.4, -0.2) is 43.0 Å². The molecular weight excluding hydrogens is 242 g/mol. The highest BCUT2D eigenvalue weighted by Gasteiger charge is 2.20. The molecule has 6 heteroatoms. The highest BCUT2D eigenvalue weighted by molar-refractivity contribution is 5.93. The van der Waals surface area contributed by atoms with Gasteiger partial charge in [-0.05, 0) is 31.6 Å². The van der Waals surface area contributed by atoms with Crippen LogP contribution >= 0.6 is 0 Å². The summed E-state index contributed by atoms with van der Waals surface area (Å²) in [6, 6.07) is 3.32. The molecular formula is C13H23N5O. The van der Waals surface area contributed by atoms with Gasteiger partial charge in [0.15, 0.2) is 0 Å². The second-order valence-electron chi connectivity index (χ2n) is 5.66. The minimum absolute atomic E-state index is 0.00286. The van der Waals surface area contributed by atoms with Crippen LogP contribution in [0.25, 0.3) is 0 Å². The number of nitrogens with zero attached hydrogens (tertiary/aromatic N) is 2. The molecule has 1 heterocycles. The maximum absolute atomic E-state index is 12.0. The number of nitrogen functional groups attached to an aromatic ring is 1. The molecule has 4 N–H and O–H groups in total. The van der Waals surface area contributed by atoms with E-state index in [1.165, 1.54) is 0 Å². The van der Waals surface area contributed by atoms with E-state index in [1.54, 1.807) is 18.3 Å². The van der Waals surface area contributed by atoms with E-state index in [1.807, 2.05) is 14.1 Å². The Morgan fingerprint density at radius 1 is 1.47 bits per heavy atom. The third-order valence-electron chi connectivity index (χ3n) is 2.63. The summed E-state index contributed by atoms with van der Waals surface area (Å²) in [4.78, 5) is 18.1. The molecule has 1 aromatic heterocycles. The Bertz CT molecular complexity index is 431. The Balaban J connectivity index is 2.60. The van der Waals surface area contributed by atoms with Crippen molar-refractivity contribution >= 4 is 11.6 Å². The fraction of sp³-hybridized carbons (Fsp3) is 0.538. The number of carbonyl (C=O) groups is 1. The monoisotopic (exact) mass is 265 g/mol. The molecule has 0 aliphatic heterocycles. The number of nitrogens with two attached hydrogens (primary N) is 1. The van der Waals surface area contributed by atoms with Crippen molar-refractivity contribution in [2.45, 2.75) is 13.8 Å². The lowest BCUT2D eigenvalue weighted by Crippen LogP contribution is -2.40. The zero-order valence-electron chi connectivity index (χ0n) is 12.0. The fourth-order valence-corrected chi connectivity index (χ4v) is 1.97. The van der Waals surface area contributed by atoms with Crippen molar-refractivity contribution in [1.82, 2.24) is 15.2 Å². The summed E-state index contributed by atoms with van der Waals surface area (Å²) in [6.45, 7) is 5.70. The molecule has 0 aromatic carbocycles. The summed E-state index contributed by atoms with van der Waals surface area (Å²) in [5.74, 6) is 5.11. The molecule has 0 spiro atoms. The van der Waals surface area contributed by atoms with Crippen LogP contribution in [0.4, 0.5) is 5.69 Å². The Kier molecular flexibility index (Phi) is 5.26. The van der Waals surface area contributed by atoms with E-state index in [-0.39, 0.29) is 11.3 Å². The molecule has 0 aliphatic carbocycles. The summed E-state index contributed by atoms with van der Waals surface area (Å²) >= 11 is 0. The molecule has 0 bridgehead atoms. The lowest BCUT2D eigenvalue weighted by atomic mass is 9.93. The van der Waals surface area contributed by atoms with Crippen LogP contribution in [-0.2, 0) is 0 Å². The normalized spacial score (nSPS) is 11.5. The highest BCUT2D eigenvalue weighted by Crippen LogP contribution is 2.14. The van der Waals surface area contributed by atoms with Crippen LogP contribution < -0.4 is 16.6 Å². The summed E-state index contributed by atoms with van der Waals surface area (Å²) < 4.78 is 0. The third-order valence-corrected chi connectivity index (χ3v) is 2.63. The topological polar surface area (TPSA) is 83.3 Å². The lowest BCUT2D eigenvalue weighted by Gasteiger charge is -2.28. The zero-order valence-corrected chi connectivity index (χ0v) is 12.0. The largest absolute Gasteiger partial charge is 0.350 e. The number of anilines is 1. The van der Waals surface area contributed by atoms with Crippen molar-refractivity contribution in [3.05, 3.63) is 24.0 Å². The summed E-state index contributed by atoms with van der Waals surface area (Å²) in [7, 11) is 4.03. The Morgan fingerprint density at radius 3 is 2.74 bits per heavy atom. The first kappa shape index (κ1) is 15.4. The van der Waals surface area contributed by atoms with E-state index in [0.717, 1.165) is 6.54 Å². The molecule has 0 radical (unpaired) electrons. The maximum Gasteiger partial charge on any atom is 0.269 e. The van der Waals surface area contributed by atoms with Gasteiger partial charge in [0.2, 0.25) is 0 Å². The van der Waals surface area contributed by atoms with Gasteiger partial charge in [0.1, 0.15) is 5.69 Å². The van der Waals surface area contributed by atoms with Gasteiger partial charge in [0, 0.05) is 19.3 Å². The van der Waals surface area contributed by atoms with E-state index < -0.39 is 0 Å².